The van der Waals surface area contributed by atoms with Crippen LogP contribution in [0.4, 0.5) is 0 Å². The lowest BCUT2D eigenvalue weighted by Crippen LogP contribution is -2.46. The van der Waals surface area contributed by atoms with Crippen molar-refractivity contribution in [2.75, 3.05) is 6.54 Å². The molecule has 0 aromatic heterocycles. The molecule has 0 saturated carbocycles. The predicted octanol–water partition coefficient (Wildman–Crippen LogP) is 5.10. The summed E-state index contributed by atoms with van der Waals surface area (Å²) in [6.45, 7) is 5.85. The summed E-state index contributed by atoms with van der Waals surface area (Å²) < 4.78 is 5.71. The maximum atomic E-state index is 13.5. The Balaban J connectivity index is 1.76. The molecule has 0 N–H and O–H groups in total. The number of benzene rings is 2. The fourth-order valence-electron chi connectivity index (χ4n) is 3.80. The second kappa shape index (κ2) is 10.3. The van der Waals surface area contributed by atoms with Gasteiger partial charge in [-0.2, -0.15) is 0 Å². The van der Waals surface area contributed by atoms with Crippen molar-refractivity contribution in [3.63, 3.8) is 0 Å². The van der Waals surface area contributed by atoms with Crippen molar-refractivity contribution in [1.82, 2.24) is 4.90 Å². The van der Waals surface area contributed by atoms with E-state index in [1.54, 1.807) is 49.9 Å². The van der Waals surface area contributed by atoms with Gasteiger partial charge in [0.25, 0.3) is 5.91 Å². The van der Waals surface area contributed by atoms with E-state index < -0.39 is 17.5 Å². The molecular weight excluding hydrogens is 426 g/mol. The fourth-order valence-corrected chi connectivity index (χ4v) is 3.93. The topological polar surface area (TPSA) is 63.7 Å². The SMILES string of the molecule is CC(C)(C)C(=O)O[C@H](Cc1ccccc1)C(=O)N1CCC[C@@H]1CC(=O)c1ccc(Cl)cc1. The molecule has 0 aliphatic carbocycles. The molecule has 0 radical (unpaired) electrons. The zero-order chi connectivity index (χ0) is 23.3. The normalized spacial score (nSPS) is 17.1. The van der Waals surface area contributed by atoms with E-state index in [1.165, 1.54) is 0 Å². The van der Waals surface area contributed by atoms with E-state index >= 15 is 0 Å². The second-order valence-corrected chi connectivity index (χ2v) is 9.73. The summed E-state index contributed by atoms with van der Waals surface area (Å²) in [6.07, 6.45) is 1.18. The first-order chi connectivity index (χ1) is 15.1. The monoisotopic (exact) mass is 455 g/mol. The molecule has 1 aliphatic rings. The van der Waals surface area contributed by atoms with Gasteiger partial charge in [-0.15, -0.1) is 0 Å². The number of halogens is 1. The molecule has 0 unspecified atom stereocenters. The van der Waals surface area contributed by atoms with Gasteiger partial charge in [0.15, 0.2) is 11.9 Å². The highest BCUT2D eigenvalue weighted by molar-refractivity contribution is 6.30. The first-order valence-electron chi connectivity index (χ1n) is 11.0. The van der Waals surface area contributed by atoms with Crippen molar-refractivity contribution in [3.8, 4) is 0 Å². The minimum Gasteiger partial charge on any atom is -0.451 e. The molecular formula is C26H30ClNO4. The Bertz CT molecular complexity index is 950. The molecule has 2 atom stereocenters. The number of carbonyl (C=O) groups excluding carboxylic acids is 3. The maximum absolute atomic E-state index is 13.5. The van der Waals surface area contributed by atoms with Crippen molar-refractivity contribution in [2.24, 2.45) is 5.41 Å². The highest BCUT2D eigenvalue weighted by atomic mass is 35.5. The standard InChI is InChI=1S/C26H30ClNO4/c1-26(2,3)25(31)32-23(16-18-8-5-4-6-9-18)24(30)28-15-7-10-21(28)17-22(29)19-11-13-20(27)14-12-19/h4-6,8-9,11-14,21,23H,7,10,15-17H2,1-3H3/t21-,23-/m1/s1. The molecule has 2 aromatic rings. The quantitative estimate of drug-likeness (QED) is 0.430. The number of ether oxygens (including phenoxy) is 1. The van der Waals surface area contributed by atoms with Gasteiger partial charge in [0.1, 0.15) is 0 Å². The first-order valence-corrected chi connectivity index (χ1v) is 11.4. The molecule has 2 aromatic carbocycles. The van der Waals surface area contributed by atoms with E-state index in [0.29, 0.717) is 23.6 Å². The molecule has 32 heavy (non-hydrogen) atoms. The van der Waals surface area contributed by atoms with E-state index in [1.807, 2.05) is 30.3 Å². The van der Waals surface area contributed by atoms with Gasteiger partial charge in [0.05, 0.1) is 5.41 Å². The molecule has 170 valence electrons. The van der Waals surface area contributed by atoms with Crippen LogP contribution in [0, 0.1) is 5.41 Å². The van der Waals surface area contributed by atoms with Gasteiger partial charge in [-0.05, 0) is 63.4 Å². The number of hydrogen-bond acceptors (Lipinski definition) is 4. The van der Waals surface area contributed by atoms with Crippen LogP contribution in [-0.4, -0.2) is 41.3 Å². The van der Waals surface area contributed by atoms with Crippen LogP contribution in [-0.2, 0) is 20.7 Å². The average Bonchev–Trinajstić information content (AvgIpc) is 3.21. The van der Waals surface area contributed by atoms with E-state index in [0.717, 1.165) is 18.4 Å². The lowest BCUT2D eigenvalue weighted by Gasteiger charge is -2.30. The Kier molecular flexibility index (Phi) is 7.73. The summed E-state index contributed by atoms with van der Waals surface area (Å²) in [4.78, 5) is 40.6. The third-order valence-electron chi connectivity index (χ3n) is 5.65. The highest BCUT2D eigenvalue weighted by Crippen LogP contribution is 2.26. The summed E-state index contributed by atoms with van der Waals surface area (Å²) in [5, 5.41) is 0.573. The highest BCUT2D eigenvalue weighted by Gasteiger charge is 2.37. The number of esters is 1. The lowest BCUT2D eigenvalue weighted by molar-refractivity contribution is -0.167. The van der Waals surface area contributed by atoms with Gasteiger partial charge in [-0.1, -0.05) is 41.9 Å². The molecule has 3 rings (SSSR count). The smallest absolute Gasteiger partial charge is 0.312 e. The Morgan fingerprint density at radius 3 is 2.34 bits per heavy atom. The van der Waals surface area contributed by atoms with Gasteiger partial charge in [-0.25, -0.2) is 0 Å². The fraction of sp³-hybridized carbons (Fsp3) is 0.423. The largest absolute Gasteiger partial charge is 0.451 e. The lowest BCUT2D eigenvalue weighted by atomic mass is 9.97. The Morgan fingerprint density at radius 2 is 1.72 bits per heavy atom. The van der Waals surface area contributed by atoms with Gasteiger partial charge in [0.2, 0.25) is 0 Å². The van der Waals surface area contributed by atoms with Crippen molar-refractivity contribution in [2.45, 2.75) is 58.6 Å². The number of Topliss-reactive ketones (excluding diaryl/α,β-unsaturated/α-hetero) is 1. The number of hydrogen-bond donors (Lipinski definition) is 0. The van der Waals surface area contributed by atoms with E-state index in [4.69, 9.17) is 16.3 Å². The minimum atomic E-state index is -0.921. The second-order valence-electron chi connectivity index (χ2n) is 9.30. The Morgan fingerprint density at radius 1 is 1.06 bits per heavy atom. The van der Waals surface area contributed by atoms with Crippen LogP contribution in [0.2, 0.25) is 5.02 Å². The van der Waals surface area contributed by atoms with Crippen LogP contribution in [0.5, 0.6) is 0 Å². The molecule has 1 heterocycles. The molecule has 5 nitrogen and oxygen atoms in total. The van der Waals surface area contributed by atoms with E-state index in [2.05, 4.69) is 0 Å². The van der Waals surface area contributed by atoms with Crippen LogP contribution >= 0.6 is 11.6 Å². The van der Waals surface area contributed by atoms with Crippen LogP contribution in [0.3, 0.4) is 0 Å². The molecule has 0 spiro atoms. The summed E-state index contributed by atoms with van der Waals surface area (Å²) in [7, 11) is 0. The number of nitrogens with zero attached hydrogens (tertiary/aromatic N) is 1. The van der Waals surface area contributed by atoms with Gasteiger partial charge >= 0.3 is 5.97 Å². The van der Waals surface area contributed by atoms with Crippen molar-refractivity contribution in [3.05, 3.63) is 70.7 Å². The van der Waals surface area contributed by atoms with Gasteiger partial charge in [0, 0.05) is 36.0 Å². The van der Waals surface area contributed by atoms with Crippen LogP contribution in [0.25, 0.3) is 0 Å². The predicted molar refractivity (Wildman–Crippen MR) is 125 cm³/mol. The number of ketones is 1. The average molecular weight is 456 g/mol. The van der Waals surface area contributed by atoms with Gasteiger partial charge in [-0.3, -0.25) is 14.4 Å². The van der Waals surface area contributed by atoms with Crippen molar-refractivity contribution < 1.29 is 19.1 Å². The molecule has 1 aliphatic heterocycles. The zero-order valence-corrected chi connectivity index (χ0v) is 19.6. The molecule has 1 fully saturated rings. The molecule has 6 heteroatoms. The summed E-state index contributed by atoms with van der Waals surface area (Å²) in [5.41, 5.74) is 0.777. The number of rotatable bonds is 7. The molecule has 0 bridgehead atoms. The summed E-state index contributed by atoms with van der Waals surface area (Å²) in [5.74, 6) is -0.685. The number of likely N-dealkylation sites (tertiary alicyclic amines) is 1. The molecule has 1 amide bonds. The summed E-state index contributed by atoms with van der Waals surface area (Å²) >= 11 is 5.92. The Labute approximate surface area is 194 Å². The zero-order valence-electron chi connectivity index (χ0n) is 18.8. The molecule has 1 saturated heterocycles. The first kappa shape index (κ1) is 24.0. The van der Waals surface area contributed by atoms with Gasteiger partial charge < -0.3 is 9.64 Å². The van der Waals surface area contributed by atoms with E-state index in [9.17, 15) is 14.4 Å². The van der Waals surface area contributed by atoms with Crippen LogP contribution < -0.4 is 0 Å². The number of amides is 1. The van der Waals surface area contributed by atoms with E-state index in [-0.39, 0.29) is 24.2 Å². The van der Waals surface area contributed by atoms with Crippen LogP contribution in [0.1, 0.15) is 56.0 Å². The third kappa shape index (κ3) is 6.19. The Hall–Kier alpha value is -2.66. The van der Waals surface area contributed by atoms with Crippen molar-refractivity contribution >= 4 is 29.3 Å². The van der Waals surface area contributed by atoms with Crippen LogP contribution in [0.15, 0.2) is 54.6 Å². The third-order valence-corrected chi connectivity index (χ3v) is 5.90. The van der Waals surface area contributed by atoms with Crippen molar-refractivity contribution in [1.29, 1.82) is 0 Å². The maximum Gasteiger partial charge on any atom is 0.312 e. The minimum absolute atomic E-state index is 0.0299. The summed E-state index contributed by atoms with van der Waals surface area (Å²) in [6, 6.07) is 16.1. The number of carbonyl (C=O) groups is 3.